The molecule has 1 aromatic carbocycles. The number of para-hydroxylation sites is 1. The van der Waals surface area contributed by atoms with Gasteiger partial charge in [0.05, 0.1) is 6.61 Å². The number of benzene rings is 1. The molecule has 3 nitrogen and oxygen atoms in total. The topological polar surface area (TPSA) is 38.5 Å². The maximum atomic E-state index is 6.06. The van der Waals surface area contributed by atoms with Crippen LogP contribution < -0.4 is 10.5 Å². The maximum absolute atomic E-state index is 6.06. The van der Waals surface area contributed by atoms with E-state index in [9.17, 15) is 0 Å². The second kappa shape index (κ2) is 7.30. The number of rotatable bonds is 7. The lowest BCUT2D eigenvalue weighted by Gasteiger charge is -2.16. The molecule has 3 heteroatoms. The van der Waals surface area contributed by atoms with E-state index in [1.165, 1.54) is 0 Å². The predicted molar refractivity (Wildman–Crippen MR) is 72.3 cm³/mol. The fourth-order valence-corrected chi connectivity index (χ4v) is 1.70. The summed E-state index contributed by atoms with van der Waals surface area (Å²) in [6, 6.07) is 8.13. The van der Waals surface area contributed by atoms with Gasteiger partial charge < -0.3 is 15.4 Å². The molecule has 1 atom stereocenters. The molecule has 17 heavy (non-hydrogen) atoms. The number of nitrogens with two attached hydrogens (primary N) is 1. The van der Waals surface area contributed by atoms with Crippen molar-refractivity contribution in [1.29, 1.82) is 0 Å². The van der Waals surface area contributed by atoms with Crippen LogP contribution in [-0.4, -0.2) is 32.1 Å². The van der Waals surface area contributed by atoms with E-state index in [4.69, 9.17) is 10.5 Å². The van der Waals surface area contributed by atoms with Crippen LogP contribution in [-0.2, 0) is 0 Å². The van der Waals surface area contributed by atoms with Crippen molar-refractivity contribution in [2.45, 2.75) is 25.8 Å². The lowest BCUT2D eigenvalue weighted by molar-refractivity contribution is 0.278. The Hall–Kier alpha value is -1.06. The molecule has 0 aliphatic heterocycles. The zero-order valence-corrected chi connectivity index (χ0v) is 11.1. The molecule has 0 radical (unpaired) electrons. The molecule has 1 unspecified atom stereocenters. The van der Waals surface area contributed by atoms with Gasteiger partial charge >= 0.3 is 0 Å². The molecular weight excluding hydrogens is 212 g/mol. The summed E-state index contributed by atoms with van der Waals surface area (Å²) < 4.78 is 5.80. The van der Waals surface area contributed by atoms with Crippen molar-refractivity contribution in [3.05, 3.63) is 29.8 Å². The minimum atomic E-state index is 0.0695. The summed E-state index contributed by atoms with van der Waals surface area (Å²) in [6.07, 6.45) is 1.96. The van der Waals surface area contributed by atoms with Gasteiger partial charge in [-0.3, -0.25) is 0 Å². The Balaban J connectivity index is 2.52. The summed E-state index contributed by atoms with van der Waals surface area (Å²) in [6.45, 7) is 3.88. The van der Waals surface area contributed by atoms with E-state index in [1.807, 2.05) is 18.2 Å². The lowest BCUT2D eigenvalue weighted by Crippen LogP contribution is -2.16. The number of hydrogen-bond acceptors (Lipinski definition) is 3. The monoisotopic (exact) mass is 236 g/mol. The highest BCUT2D eigenvalue weighted by Crippen LogP contribution is 2.25. The van der Waals surface area contributed by atoms with Crippen LogP contribution in [0.1, 0.15) is 31.4 Å². The van der Waals surface area contributed by atoms with Crippen LogP contribution in [0.2, 0.25) is 0 Å². The van der Waals surface area contributed by atoms with E-state index in [2.05, 4.69) is 32.0 Å². The molecule has 0 spiro atoms. The zero-order valence-electron chi connectivity index (χ0n) is 11.1. The maximum Gasteiger partial charge on any atom is 0.124 e. The average molecular weight is 236 g/mol. The summed E-state index contributed by atoms with van der Waals surface area (Å²) >= 11 is 0. The molecule has 0 amide bonds. The molecule has 96 valence electrons. The Morgan fingerprint density at radius 1 is 1.29 bits per heavy atom. The third-order valence-electron chi connectivity index (χ3n) is 2.77. The predicted octanol–water partition coefficient (Wildman–Crippen LogP) is 2.43. The van der Waals surface area contributed by atoms with Gasteiger partial charge in [-0.05, 0) is 33.0 Å². The van der Waals surface area contributed by atoms with Crippen LogP contribution in [0.25, 0.3) is 0 Å². The molecule has 0 saturated heterocycles. The second-order valence-corrected chi connectivity index (χ2v) is 4.56. The normalized spacial score (nSPS) is 12.8. The third-order valence-corrected chi connectivity index (χ3v) is 2.77. The Morgan fingerprint density at radius 3 is 2.65 bits per heavy atom. The molecule has 2 N–H and O–H groups in total. The van der Waals surface area contributed by atoms with Crippen LogP contribution in [0, 0.1) is 0 Å². The molecule has 0 aliphatic rings. The lowest BCUT2D eigenvalue weighted by atomic mass is 10.0. The Labute approximate surface area is 105 Å². The summed E-state index contributed by atoms with van der Waals surface area (Å²) in [4.78, 5) is 2.16. The fraction of sp³-hybridized carbons (Fsp3) is 0.571. The first-order valence-electron chi connectivity index (χ1n) is 6.27. The highest BCUT2D eigenvalue weighted by atomic mass is 16.5. The molecule has 0 heterocycles. The van der Waals surface area contributed by atoms with E-state index in [0.29, 0.717) is 0 Å². The molecule has 0 bridgehead atoms. The van der Waals surface area contributed by atoms with Crippen LogP contribution in [0.3, 0.4) is 0 Å². The van der Waals surface area contributed by atoms with Crippen molar-refractivity contribution >= 4 is 0 Å². The summed E-state index contributed by atoms with van der Waals surface area (Å²) in [7, 11) is 4.14. The van der Waals surface area contributed by atoms with E-state index >= 15 is 0 Å². The Morgan fingerprint density at radius 2 is 2.00 bits per heavy atom. The van der Waals surface area contributed by atoms with Gasteiger partial charge in [-0.15, -0.1) is 0 Å². The zero-order chi connectivity index (χ0) is 12.7. The summed E-state index contributed by atoms with van der Waals surface area (Å²) in [5.74, 6) is 0.931. The van der Waals surface area contributed by atoms with E-state index in [1.54, 1.807) is 0 Å². The minimum Gasteiger partial charge on any atom is -0.493 e. The second-order valence-electron chi connectivity index (χ2n) is 4.56. The third kappa shape index (κ3) is 4.75. The van der Waals surface area contributed by atoms with Crippen LogP contribution in [0.15, 0.2) is 24.3 Å². The minimum absolute atomic E-state index is 0.0695. The molecular formula is C14H24N2O. The van der Waals surface area contributed by atoms with E-state index in [-0.39, 0.29) is 6.04 Å². The van der Waals surface area contributed by atoms with Crippen molar-refractivity contribution in [1.82, 2.24) is 4.90 Å². The first-order valence-corrected chi connectivity index (χ1v) is 6.27. The Bertz CT molecular complexity index is 326. The van der Waals surface area contributed by atoms with Gasteiger partial charge in [0, 0.05) is 18.2 Å². The van der Waals surface area contributed by atoms with Gasteiger partial charge in [0.15, 0.2) is 0 Å². The van der Waals surface area contributed by atoms with Crippen LogP contribution in [0.4, 0.5) is 0 Å². The standard InChI is InChI=1S/C14H24N2O/c1-4-13(15)12-8-5-6-9-14(12)17-11-7-10-16(2)3/h5-6,8-9,13H,4,7,10-11,15H2,1-3H3. The van der Waals surface area contributed by atoms with Crippen molar-refractivity contribution in [3.8, 4) is 5.75 Å². The number of ether oxygens (including phenoxy) is 1. The molecule has 0 saturated carbocycles. The first-order chi connectivity index (χ1) is 8.15. The quantitative estimate of drug-likeness (QED) is 0.739. The van der Waals surface area contributed by atoms with Gasteiger partial charge in [0.25, 0.3) is 0 Å². The number of nitrogens with zero attached hydrogens (tertiary/aromatic N) is 1. The van der Waals surface area contributed by atoms with Gasteiger partial charge in [-0.1, -0.05) is 25.1 Å². The van der Waals surface area contributed by atoms with Gasteiger partial charge in [-0.25, -0.2) is 0 Å². The van der Waals surface area contributed by atoms with Crippen molar-refractivity contribution in [3.63, 3.8) is 0 Å². The molecule has 0 aliphatic carbocycles. The first kappa shape index (κ1) is 14.0. The summed E-state index contributed by atoms with van der Waals surface area (Å²) in [5.41, 5.74) is 7.17. The summed E-state index contributed by atoms with van der Waals surface area (Å²) in [5, 5.41) is 0. The van der Waals surface area contributed by atoms with Crippen molar-refractivity contribution in [2.24, 2.45) is 5.73 Å². The smallest absolute Gasteiger partial charge is 0.124 e. The average Bonchev–Trinajstić information content (AvgIpc) is 2.34. The van der Waals surface area contributed by atoms with Crippen molar-refractivity contribution < 1.29 is 4.74 Å². The van der Waals surface area contributed by atoms with E-state index < -0.39 is 0 Å². The van der Waals surface area contributed by atoms with E-state index in [0.717, 1.165) is 37.3 Å². The Kier molecular flexibility index (Phi) is 6.01. The van der Waals surface area contributed by atoms with Crippen LogP contribution >= 0.6 is 0 Å². The molecule has 1 aromatic rings. The van der Waals surface area contributed by atoms with Gasteiger partial charge in [0.1, 0.15) is 5.75 Å². The highest BCUT2D eigenvalue weighted by molar-refractivity contribution is 5.35. The number of hydrogen-bond donors (Lipinski definition) is 1. The fourth-order valence-electron chi connectivity index (χ4n) is 1.70. The van der Waals surface area contributed by atoms with Crippen molar-refractivity contribution in [2.75, 3.05) is 27.2 Å². The van der Waals surface area contributed by atoms with Gasteiger partial charge in [-0.2, -0.15) is 0 Å². The van der Waals surface area contributed by atoms with Gasteiger partial charge in [0.2, 0.25) is 0 Å². The molecule has 0 fully saturated rings. The largest absolute Gasteiger partial charge is 0.493 e. The molecule has 0 aromatic heterocycles. The SMILES string of the molecule is CCC(N)c1ccccc1OCCCN(C)C. The van der Waals surface area contributed by atoms with Crippen LogP contribution in [0.5, 0.6) is 5.75 Å². The molecule has 1 rings (SSSR count). The highest BCUT2D eigenvalue weighted by Gasteiger charge is 2.09.